The largest absolute Gasteiger partial charge is 0.497 e. The molecule has 0 N–H and O–H groups in total. The van der Waals surface area contributed by atoms with Crippen molar-refractivity contribution in [2.75, 3.05) is 33.3 Å². The van der Waals surface area contributed by atoms with E-state index in [9.17, 15) is 0 Å². The second kappa shape index (κ2) is 7.77. The van der Waals surface area contributed by atoms with Crippen LogP contribution in [0, 0.1) is 6.92 Å². The minimum absolute atomic E-state index is 0.740. The molecule has 2 aliphatic heterocycles. The number of piperazine rings is 1. The third-order valence-electron chi connectivity index (χ3n) is 6.48. The predicted molar refractivity (Wildman–Crippen MR) is 118 cm³/mol. The first kappa shape index (κ1) is 18.6. The number of fused-ring (bicyclic) bond motifs is 2. The van der Waals surface area contributed by atoms with E-state index in [2.05, 4.69) is 53.1 Å². The maximum absolute atomic E-state index is 5.35. The Balaban J connectivity index is 1.52. The molecule has 3 heterocycles. The van der Waals surface area contributed by atoms with Gasteiger partial charge in [0.25, 0.3) is 0 Å². The molecular weight excluding hydrogens is 358 g/mol. The highest BCUT2D eigenvalue weighted by molar-refractivity contribution is 5.84. The molecule has 4 nitrogen and oxygen atoms in total. The third-order valence-corrected chi connectivity index (χ3v) is 6.48. The van der Waals surface area contributed by atoms with Crippen LogP contribution in [0.15, 0.2) is 48.5 Å². The molecule has 0 amide bonds. The number of aryl methyl sites for hydroxylation is 1. The Bertz CT molecular complexity index is 1010. The van der Waals surface area contributed by atoms with Crippen LogP contribution in [0.25, 0.3) is 22.2 Å². The van der Waals surface area contributed by atoms with Crippen molar-refractivity contribution in [3.63, 3.8) is 0 Å². The van der Waals surface area contributed by atoms with E-state index in [0.29, 0.717) is 0 Å². The van der Waals surface area contributed by atoms with Gasteiger partial charge in [0.05, 0.1) is 18.3 Å². The maximum atomic E-state index is 5.35. The van der Waals surface area contributed by atoms with Gasteiger partial charge in [0.15, 0.2) is 0 Å². The van der Waals surface area contributed by atoms with E-state index in [-0.39, 0.29) is 0 Å². The molecule has 0 spiro atoms. The van der Waals surface area contributed by atoms with Crippen molar-refractivity contribution >= 4 is 10.9 Å². The van der Waals surface area contributed by atoms with Crippen molar-refractivity contribution in [3.05, 3.63) is 59.7 Å². The van der Waals surface area contributed by atoms with Gasteiger partial charge in [0, 0.05) is 43.2 Å². The van der Waals surface area contributed by atoms with E-state index in [4.69, 9.17) is 9.72 Å². The molecule has 4 heteroatoms. The van der Waals surface area contributed by atoms with Crippen LogP contribution in [0.3, 0.4) is 0 Å². The van der Waals surface area contributed by atoms with E-state index in [1.54, 1.807) is 7.11 Å². The molecule has 3 aromatic rings. The zero-order valence-electron chi connectivity index (χ0n) is 17.4. The summed E-state index contributed by atoms with van der Waals surface area (Å²) >= 11 is 0. The molecule has 0 bridgehead atoms. The molecule has 1 atom stereocenters. The molecule has 0 saturated carbocycles. The normalized spacial score (nSPS) is 20.1. The van der Waals surface area contributed by atoms with Crippen molar-refractivity contribution in [2.24, 2.45) is 0 Å². The highest BCUT2D eigenvalue weighted by Gasteiger charge is 2.30. The van der Waals surface area contributed by atoms with Crippen molar-refractivity contribution < 1.29 is 4.74 Å². The first-order chi connectivity index (χ1) is 14.2. The Morgan fingerprint density at radius 2 is 1.90 bits per heavy atom. The molecule has 0 radical (unpaired) electrons. The summed E-state index contributed by atoms with van der Waals surface area (Å²) in [5.74, 6) is 0.879. The summed E-state index contributed by atoms with van der Waals surface area (Å²) in [5.41, 5.74) is 5.89. The predicted octanol–water partition coefficient (Wildman–Crippen LogP) is 4.50. The molecule has 1 unspecified atom stereocenters. The number of pyridine rings is 1. The fraction of sp³-hybridized carbons (Fsp3) is 0.400. The average Bonchev–Trinajstić information content (AvgIpc) is 3.21. The molecule has 1 aromatic heterocycles. The van der Waals surface area contributed by atoms with Gasteiger partial charge in [-0.25, -0.2) is 4.98 Å². The van der Waals surface area contributed by atoms with Crippen LogP contribution in [0.2, 0.25) is 0 Å². The zero-order valence-corrected chi connectivity index (χ0v) is 17.4. The number of aromatic nitrogens is 1. The maximum Gasteiger partial charge on any atom is 0.118 e. The van der Waals surface area contributed by atoms with Crippen molar-refractivity contribution in [1.29, 1.82) is 0 Å². The van der Waals surface area contributed by atoms with Gasteiger partial charge in [0.2, 0.25) is 0 Å². The SMILES string of the molecule is COc1ccc(-c2nc3cc(C)ccc3cc2CN2CCN3CCCC3C2)cc1. The van der Waals surface area contributed by atoms with Crippen LogP contribution in [0.1, 0.15) is 24.0 Å². The minimum Gasteiger partial charge on any atom is -0.497 e. The monoisotopic (exact) mass is 387 g/mol. The molecule has 2 aliphatic rings. The van der Waals surface area contributed by atoms with Crippen molar-refractivity contribution in [3.8, 4) is 17.0 Å². The zero-order chi connectivity index (χ0) is 19.8. The van der Waals surface area contributed by atoms with E-state index < -0.39 is 0 Å². The minimum atomic E-state index is 0.740. The van der Waals surface area contributed by atoms with Crippen LogP contribution in [0.4, 0.5) is 0 Å². The van der Waals surface area contributed by atoms with Gasteiger partial charge in [-0.1, -0.05) is 12.1 Å². The summed E-state index contributed by atoms with van der Waals surface area (Å²) in [6, 6.07) is 18.0. The average molecular weight is 388 g/mol. The van der Waals surface area contributed by atoms with Crippen LogP contribution < -0.4 is 4.74 Å². The lowest BCUT2D eigenvalue weighted by Gasteiger charge is -2.37. The lowest BCUT2D eigenvalue weighted by Crippen LogP contribution is -2.49. The van der Waals surface area contributed by atoms with Gasteiger partial charge in [-0.3, -0.25) is 9.80 Å². The summed E-state index contributed by atoms with van der Waals surface area (Å²) in [6.07, 6.45) is 2.70. The molecule has 150 valence electrons. The van der Waals surface area contributed by atoms with Crippen LogP contribution in [-0.4, -0.2) is 54.1 Å². The first-order valence-corrected chi connectivity index (χ1v) is 10.7. The summed E-state index contributed by atoms with van der Waals surface area (Å²) in [5, 5.41) is 1.22. The number of benzene rings is 2. The lowest BCUT2D eigenvalue weighted by molar-refractivity contribution is 0.0994. The molecule has 2 aromatic carbocycles. The summed E-state index contributed by atoms with van der Waals surface area (Å²) in [4.78, 5) is 10.4. The fourth-order valence-electron chi connectivity index (χ4n) is 4.88. The number of methoxy groups -OCH3 is 1. The Morgan fingerprint density at radius 1 is 1.03 bits per heavy atom. The van der Waals surface area contributed by atoms with Gasteiger partial charge >= 0.3 is 0 Å². The Hall–Kier alpha value is -2.43. The molecule has 2 saturated heterocycles. The quantitative estimate of drug-likeness (QED) is 0.659. The molecule has 2 fully saturated rings. The first-order valence-electron chi connectivity index (χ1n) is 10.7. The van der Waals surface area contributed by atoms with Gasteiger partial charge in [0.1, 0.15) is 5.75 Å². The van der Waals surface area contributed by atoms with Crippen LogP contribution in [-0.2, 0) is 6.54 Å². The number of nitrogens with zero attached hydrogens (tertiary/aromatic N) is 3. The van der Waals surface area contributed by atoms with Gasteiger partial charge in [-0.15, -0.1) is 0 Å². The summed E-state index contributed by atoms with van der Waals surface area (Å²) < 4.78 is 5.35. The highest BCUT2D eigenvalue weighted by atomic mass is 16.5. The van der Waals surface area contributed by atoms with Gasteiger partial charge in [-0.05, 0) is 73.8 Å². The summed E-state index contributed by atoms with van der Waals surface area (Å²) in [6.45, 7) is 7.89. The third kappa shape index (κ3) is 3.75. The smallest absolute Gasteiger partial charge is 0.118 e. The Labute approximate surface area is 173 Å². The van der Waals surface area contributed by atoms with E-state index in [0.717, 1.165) is 41.7 Å². The molecule has 5 rings (SSSR count). The van der Waals surface area contributed by atoms with Crippen LogP contribution in [0.5, 0.6) is 5.75 Å². The second-order valence-corrected chi connectivity index (χ2v) is 8.49. The fourth-order valence-corrected chi connectivity index (χ4v) is 4.88. The standard InChI is InChI=1S/C25H29N3O/c1-18-5-6-20-15-21(16-27-12-13-28-11-3-4-22(28)17-27)25(26-24(20)14-18)19-7-9-23(29-2)10-8-19/h5-10,14-15,22H,3-4,11-13,16-17H2,1-2H3. The highest BCUT2D eigenvalue weighted by Crippen LogP contribution is 2.30. The van der Waals surface area contributed by atoms with E-state index >= 15 is 0 Å². The van der Waals surface area contributed by atoms with E-state index in [1.807, 2.05) is 12.1 Å². The number of rotatable bonds is 4. The second-order valence-electron chi connectivity index (χ2n) is 8.49. The molecular formula is C25H29N3O. The van der Waals surface area contributed by atoms with Gasteiger partial charge < -0.3 is 4.74 Å². The number of ether oxygens (including phenoxy) is 1. The topological polar surface area (TPSA) is 28.6 Å². The van der Waals surface area contributed by atoms with Crippen LogP contribution >= 0.6 is 0 Å². The Morgan fingerprint density at radius 3 is 2.72 bits per heavy atom. The lowest BCUT2D eigenvalue weighted by atomic mass is 10.0. The molecule has 29 heavy (non-hydrogen) atoms. The Kier molecular flexibility index (Phi) is 4.98. The number of hydrogen-bond acceptors (Lipinski definition) is 4. The van der Waals surface area contributed by atoms with Crippen molar-refractivity contribution in [1.82, 2.24) is 14.8 Å². The molecule has 0 aliphatic carbocycles. The van der Waals surface area contributed by atoms with E-state index in [1.165, 1.54) is 49.0 Å². The summed E-state index contributed by atoms with van der Waals surface area (Å²) in [7, 11) is 1.71. The van der Waals surface area contributed by atoms with Crippen molar-refractivity contribution in [2.45, 2.75) is 32.4 Å². The number of hydrogen-bond donors (Lipinski definition) is 0. The van der Waals surface area contributed by atoms with Gasteiger partial charge in [-0.2, -0.15) is 0 Å².